The van der Waals surface area contributed by atoms with Crippen molar-refractivity contribution in [3.05, 3.63) is 16.1 Å². The molecule has 1 N–H and O–H groups in total. The summed E-state index contributed by atoms with van der Waals surface area (Å²) < 4.78 is 0. The summed E-state index contributed by atoms with van der Waals surface area (Å²) in [5.41, 5.74) is 0.560. The molecule has 0 aromatic carbocycles. The lowest BCUT2D eigenvalue weighted by atomic mass is 10.4. The van der Waals surface area contributed by atoms with Crippen LogP contribution in [0.1, 0.15) is 34.3 Å². The predicted octanol–water partition coefficient (Wildman–Crippen LogP) is 1.38. The van der Waals surface area contributed by atoms with Crippen LogP contribution in [0.4, 0.5) is 0 Å². The summed E-state index contributed by atoms with van der Waals surface area (Å²) in [6.45, 7) is 0. The summed E-state index contributed by atoms with van der Waals surface area (Å²) in [4.78, 5) is 15.4. The smallest absolute Gasteiger partial charge is 0.270 e. The van der Waals surface area contributed by atoms with E-state index in [1.54, 1.807) is 18.4 Å². The van der Waals surface area contributed by atoms with Crippen LogP contribution in [0.15, 0.2) is 5.38 Å². The lowest BCUT2D eigenvalue weighted by Gasteiger charge is -1.91. The molecule has 0 atom stereocenters. The van der Waals surface area contributed by atoms with E-state index in [0.717, 1.165) is 5.01 Å². The van der Waals surface area contributed by atoms with E-state index in [-0.39, 0.29) is 5.91 Å². The van der Waals surface area contributed by atoms with Gasteiger partial charge in [0.1, 0.15) is 5.69 Å². The molecular weight excluding hydrogens is 172 g/mol. The molecular formula is C8H10N2OS. The Labute approximate surface area is 74.8 Å². The minimum absolute atomic E-state index is 0.0850. The second-order valence-electron chi connectivity index (χ2n) is 2.92. The van der Waals surface area contributed by atoms with Gasteiger partial charge in [-0.1, -0.05) is 0 Å². The number of nitrogens with one attached hydrogen (secondary N) is 1. The molecule has 1 fully saturated rings. The van der Waals surface area contributed by atoms with Gasteiger partial charge < -0.3 is 5.32 Å². The van der Waals surface area contributed by atoms with Gasteiger partial charge >= 0.3 is 0 Å². The van der Waals surface area contributed by atoms with Gasteiger partial charge in [-0.25, -0.2) is 4.98 Å². The number of carbonyl (C=O) groups is 1. The maximum absolute atomic E-state index is 11.1. The summed E-state index contributed by atoms with van der Waals surface area (Å²) in [6.07, 6.45) is 2.47. The summed E-state index contributed by atoms with van der Waals surface area (Å²) in [5, 5.41) is 5.50. The van der Waals surface area contributed by atoms with E-state index in [4.69, 9.17) is 0 Å². The molecule has 1 saturated carbocycles. The topological polar surface area (TPSA) is 42.0 Å². The van der Waals surface area contributed by atoms with Gasteiger partial charge in [-0.3, -0.25) is 4.79 Å². The fourth-order valence-corrected chi connectivity index (χ4v) is 2.01. The molecule has 2 rings (SSSR count). The molecule has 1 aliphatic rings. The zero-order chi connectivity index (χ0) is 8.55. The van der Waals surface area contributed by atoms with Gasteiger partial charge in [0.05, 0.1) is 5.01 Å². The van der Waals surface area contributed by atoms with Crippen LogP contribution in [0.25, 0.3) is 0 Å². The molecule has 0 radical (unpaired) electrons. The monoisotopic (exact) mass is 182 g/mol. The Morgan fingerprint density at radius 1 is 1.75 bits per heavy atom. The number of hydrogen-bond donors (Lipinski definition) is 1. The van der Waals surface area contributed by atoms with Crippen LogP contribution in [0, 0.1) is 0 Å². The quantitative estimate of drug-likeness (QED) is 0.750. The number of carbonyl (C=O) groups excluding carboxylic acids is 1. The average Bonchev–Trinajstić information content (AvgIpc) is 2.83. The highest BCUT2D eigenvalue weighted by Crippen LogP contribution is 2.41. The van der Waals surface area contributed by atoms with E-state index in [1.807, 2.05) is 5.38 Å². The number of aromatic nitrogens is 1. The van der Waals surface area contributed by atoms with Crippen molar-refractivity contribution >= 4 is 17.2 Å². The van der Waals surface area contributed by atoms with Crippen molar-refractivity contribution in [2.45, 2.75) is 18.8 Å². The minimum atomic E-state index is -0.0850. The van der Waals surface area contributed by atoms with Crippen molar-refractivity contribution in [3.8, 4) is 0 Å². The van der Waals surface area contributed by atoms with E-state index >= 15 is 0 Å². The Morgan fingerprint density at radius 2 is 2.50 bits per heavy atom. The molecule has 4 heteroatoms. The number of nitrogens with zero attached hydrogens (tertiary/aromatic N) is 1. The largest absolute Gasteiger partial charge is 0.354 e. The van der Waals surface area contributed by atoms with E-state index in [1.165, 1.54) is 12.8 Å². The summed E-state index contributed by atoms with van der Waals surface area (Å²) in [6, 6.07) is 0. The highest BCUT2D eigenvalue weighted by atomic mass is 32.1. The third kappa shape index (κ3) is 1.34. The molecule has 1 heterocycles. The van der Waals surface area contributed by atoms with E-state index < -0.39 is 0 Å². The summed E-state index contributed by atoms with van der Waals surface area (Å²) in [5.74, 6) is 0.562. The zero-order valence-electron chi connectivity index (χ0n) is 6.83. The van der Waals surface area contributed by atoms with Crippen molar-refractivity contribution in [1.29, 1.82) is 0 Å². The van der Waals surface area contributed by atoms with Crippen LogP contribution in [0.3, 0.4) is 0 Å². The fourth-order valence-electron chi connectivity index (χ4n) is 1.04. The van der Waals surface area contributed by atoms with Crippen molar-refractivity contribution in [2.24, 2.45) is 0 Å². The van der Waals surface area contributed by atoms with Crippen LogP contribution in [-0.4, -0.2) is 17.9 Å². The third-order valence-electron chi connectivity index (χ3n) is 1.91. The first-order chi connectivity index (χ1) is 5.81. The summed E-state index contributed by atoms with van der Waals surface area (Å²) in [7, 11) is 1.62. The molecule has 1 aliphatic carbocycles. The van der Waals surface area contributed by atoms with Crippen LogP contribution < -0.4 is 5.32 Å². The van der Waals surface area contributed by atoms with E-state index in [0.29, 0.717) is 11.6 Å². The van der Waals surface area contributed by atoms with E-state index in [9.17, 15) is 4.79 Å². The molecule has 0 bridgehead atoms. The highest BCUT2D eigenvalue weighted by Gasteiger charge is 2.27. The fraction of sp³-hybridized carbons (Fsp3) is 0.500. The molecule has 0 aliphatic heterocycles. The molecule has 1 amide bonds. The third-order valence-corrected chi connectivity index (χ3v) is 2.92. The molecule has 64 valence electrons. The highest BCUT2D eigenvalue weighted by molar-refractivity contribution is 7.10. The van der Waals surface area contributed by atoms with Crippen LogP contribution in [-0.2, 0) is 0 Å². The maximum Gasteiger partial charge on any atom is 0.270 e. The molecule has 12 heavy (non-hydrogen) atoms. The van der Waals surface area contributed by atoms with Crippen molar-refractivity contribution < 1.29 is 4.79 Å². The number of amides is 1. The first kappa shape index (κ1) is 7.73. The standard InChI is InChI=1S/C8H10N2OS/c1-9-7(11)6-4-12-8(10-6)5-2-3-5/h4-5H,2-3H2,1H3,(H,9,11). The van der Waals surface area contributed by atoms with Gasteiger partial charge in [-0.2, -0.15) is 0 Å². The predicted molar refractivity (Wildman–Crippen MR) is 47.5 cm³/mol. The van der Waals surface area contributed by atoms with Crippen molar-refractivity contribution in [2.75, 3.05) is 7.05 Å². The Hall–Kier alpha value is -0.900. The Bertz CT molecular complexity index is 304. The Kier molecular flexibility index (Phi) is 1.84. The normalized spacial score (nSPS) is 16.1. The average molecular weight is 182 g/mol. The lowest BCUT2D eigenvalue weighted by Crippen LogP contribution is -2.18. The molecule has 3 nitrogen and oxygen atoms in total. The molecule has 1 aromatic rings. The number of hydrogen-bond acceptors (Lipinski definition) is 3. The number of rotatable bonds is 2. The van der Waals surface area contributed by atoms with Crippen LogP contribution in [0.2, 0.25) is 0 Å². The molecule has 0 spiro atoms. The SMILES string of the molecule is CNC(=O)c1csc(C2CC2)n1. The van der Waals surface area contributed by atoms with Gasteiger partial charge in [0, 0.05) is 18.3 Å². The van der Waals surface area contributed by atoms with Crippen LogP contribution in [0.5, 0.6) is 0 Å². The summed E-state index contributed by atoms with van der Waals surface area (Å²) >= 11 is 1.59. The molecule has 0 unspecified atom stereocenters. The molecule has 0 saturated heterocycles. The van der Waals surface area contributed by atoms with Crippen molar-refractivity contribution in [3.63, 3.8) is 0 Å². The van der Waals surface area contributed by atoms with Gasteiger partial charge in [0.2, 0.25) is 0 Å². The van der Waals surface area contributed by atoms with Gasteiger partial charge in [0.25, 0.3) is 5.91 Å². The number of thiazole rings is 1. The Balaban J connectivity index is 2.17. The first-order valence-electron chi connectivity index (χ1n) is 3.99. The van der Waals surface area contributed by atoms with Gasteiger partial charge in [-0.05, 0) is 12.8 Å². The maximum atomic E-state index is 11.1. The molecule has 1 aromatic heterocycles. The van der Waals surface area contributed by atoms with E-state index in [2.05, 4.69) is 10.3 Å². The Morgan fingerprint density at radius 3 is 3.08 bits per heavy atom. The van der Waals surface area contributed by atoms with Crippen LogP contribution >= 0.6 is 11.3 Å². The first-order valence-corrected chi connectivity index (χ1v) is 4.86. The van der Waals surface area contributed by atoms with Gasteiger partial charge in [0.15, 0.2) is 0 Å². The second kappa shape index (κ2) is 2.86. The minimum Gasteiger partial charge on any atom is -0.354 e. The second-order valence-corrected chi connectivity index (χ2v) is 3.81. The lowest BCUT2D eigenvalue weighted by molar-refractivity contribution is 0.0958. The van der Waals surface area contributed by atoms with Gasteiger partial charge in [-0.15, -0.1) is 11.3 Å². The zero-order valence-corrected chi connectivity index (χ0v) is 7.65. The van der Waals surface area contributed by atoms with Crippen molar-refractivity contribution in [1.82, 2.24) is 10.3 Å².